The average Bonchev–Trinajstić information content (AvgIpc) is 3.35. The molecule has 0 spiro atoms. The van der Waals surface area contributed by atoms with Crippen LogP contribution in [0.4, 0.5) is 5.13 Å². The summed E-state index contributed by atoms with van der Waals surface area (Å²) in [5.41, 5.74) is 3.54. The van der Waals surface area contributed by atoms with Gasteiger partial charge in [0.05, 0.1) is 19.4 Å². The summed E-state index contributed by atoms with van der Waals surface area (Å²) >= 11 is 1.36. The van der Waals surface area contributed by atoms with Crippen LogP contribution in [0.3, 0.4) is 0 Å². The molecule has 0 aliphatic carbocycles. The minimum atomic E-state index is -0.271. The Morgan fingerprint density at radius 2 is 1.77 bits per heavy atom. The second-order valence-electron chi connectivity index (χ2n) is 7.47. The number of aromatic nitrogens is 1. The first-order chi connectivity index (χ1) is 17.2. The number of hydrogen-bond acceptors (Lipinski definition) is 6. The fourth-order valence-corrected chi connectivity index (χ4v) is 4.09. The van der Waals surface area contributed by atoms with Crippen LogP contribution in [0.25, 0.3) is 17.3 Å². The molecule has 0 saturated carbocycles. The molecule has 3 aromatic carbocycles. The molecule has 7 heteroatoms. The smallest absolute Gasteiger partial charge is 0.250 e. The fraction of sp³-hybridized carbons (Fsp3) is 0.143. The van der Waals surface area contributed by atoms with Crippen molar-refractivity contribution < 1.29 is 19.0 Å². The van der Waals surface area contributed by atoms with Crippen LogP contribution in [0.5, 0.6) is 17.2 Å². The third-order valence-electron chi connectivity index (χ3n) is 5.05. The van der Waals surface area contributed by atoms with Gasteiger partial charge in [-0.25, -0.2) is 4.98 Å². The molecule has 0 bridgehead atoms. The third-order valence-corrected chi connectivity index (χ3v) is 5.81. The Balaban J connectivity index is 1.38. The molecule has 0 saturated heterocycles. The van der Waals surface area contributed by atoms with E-state index < -0.39 is 0 Å². The number of amides is 1. The zero-order chi connectivity index (χ0) is 24.5. The Kier molecular flexibility index (Phi) is 8.14. The maximum Gasteiger partial charge on any atom is 0.250 e. The molecule has 6 nitrogen and oxygen atoms in total. The standard InChI is InChI=1S/C28H26N2O4S/c1-3-33-24-12-8-7-11-22(24)23-19-35-28(29-23)30-27(31)16-14-20-13-15-25(26(17-20)32-2)34-18-21-9-5-4-6-10-21/h4-17,19H,3,18H2,1-2H3,(H,29,30,31). The van der Waals surface area contributed by atoms with Crippen LogP contribution in [0, 0.1) is 0 Å². The number of para-hydroxylation sites is 1. The van der Waals surface area contributed by atoms with Gasteiger partial charge in [0, 0.05) is 17.0 Å². The summed E-state index contributed by atoms with van der Waals surface area (Å²) in [6.07, 6.45) is 3.19. The predicted molar refractivity (Wildman–Crippen MR) is 140 cm³/mol. The summed E-state index contributed by atoms with van der Waals surface area (Å²) in [7, 11) is 1.59. The van der Waals surface area contributed by atoms with Crippen LogP contribution in [-0.2, 0) is 11.4 Å². The highest BCUT2D eigenvalue weighted by Crippen LogP contribution is 2.32. The molecule has 1 N–H and O–H groups in total. The van der Waals surface area contributed by atoms with Crippen LogP contribution in [0.15, 0.2) is 84.3 Å². The number of nitrogens with one attached hydrogen (secondary N) is 1. The lowest BCUT2D eigenvalue weighted by Gasteiger charge is -2.11. The van der Waals surface area contributed by atoms with Gasteiger partial charge in [-0.05, 0) is 48.4 Å². The first-order valence-electron chi connectivity index (χ1n) is 11.2. The van der Waals surface area contributed by atoms with Crippen molar-refractivity contribution in [2.45, 2.75) is 13.5 Å². The van der Waals surface area contributed by atoms with Gasteiger partial charge in [-0.1, -0.05) is 48.5 Å². The van der Waals surface area contributed by atoms with E-state index in [1.165, 1.54) is 17.4 Å². The van der Waals surface area contributed by atoms with Crippen molar-refractivity contribution in [2.24, 2.45) is 0 Å². The van der Waals surface area contributed by atoms with E-state index in [4.69, 9.17) is 14.2 Å². The number of ether oxygens (including phenoxy) is 3. The number of nitrogens with zero attached hydrogens (tertiary/aromatic N) is 1. The molecular weight excluding hydrogens is 460 g/mol. The zero-order valence-corrected chi connectivity index (χ0v) is 20.4. The van der Waals surface area contributed by atoms with E-state index in [2.05, 4.69) is 10.3 Å². The quantitative estimate of drug-likeness (QED) is 0.261. The van der Waals surface area contributed by atoms with Crippen LogP contribution >= 0.6 is 11.3 Å². The van der Waals surface area contributed by atoms with E-state index >= 15 is 0 Å². The van der Waals surface area contributed by atoms with Gasteiger partial charge < -0.3 is 14.2 Å². The van der Waals surface area contributed by atoms with Crippen molar-refractivity contribution in [3.05, 3.63) is 95.4 Å². The van der Waals surface area contributed by atoms with E-state index in [1.807, 2.05) is 85.1 Å². The first kappa shape index (κ1) is 24.0. The van der Waals surface area contributed by atoms with Crippen molar-refractivity contribution in [1.82, 2.24) is 4.98 Å². The molecule has 1 heterocycles. The molecule has 0 atom stereocenters. The fourth-order valence-electron chi connectivity index (χ4n) is 3.38. The van der Waals surface area contributed by atoms with Gasteiger partial charge in [0.1, 0.15) is 12.4 Å². The van der Waals surface area contributed by atoms with E-state index in [9.17, 15) is 4.79 Å². The van der Waals surface area contributed by atoms with E-state index in [1.54, 1.807) is 13.2 Å². The molecule has 4 aromatic rings. The monoisotopic (exact) mass is 486 g/mol. The number of carbonyl (C=O) groups is 1. The van der Waals surface area contributed by atoms with E-state index in [0.717, 1.165) is 28.1 Å². The second-order valence-corrected chi connectivity index (χ2v) is 8.33. The Morgan fingerprint density at radius 1 is 0.971 bits per heavy atom. The third kappa shape index (κ3) is 6.49. The van der Waals surface area contributed by atoms with Gasteiger partial charge in [0.2, 0.25) is 5.91 Å². The number of rotatable bonds is 10. The van der Waals surface area contributed by atoms with Crippen molar-refractivity contribution in [2.75, 3.05) is 19.0 Å². The Labute approximate surface area is 208 Å². The van der Waals surface area contributed by atoms with Crippen molar-refractivity contribution >= 4 is 28.5 Å². The molecule has 0 aliphatic rings. The number of anilines is 1. The summed E-state index contributed by atoms with van der Waals surface area (Å²) < 4.78 is 17.0. The highest BCUT2D eigenvalue weighted by atomic mass is 32.1. The molecule has 35 heavy (non-hydrogen) atoms. The number of methoxy groups -OCH3 is 1. The molecular formula is C28H26N2O4S. The average molecular weight is 487 g/mol. The number of carbonyl (C=O) groups excluding carboxylic acids is 1. The topological polar surface area (TPSA) is 69.7 Å². The molecule has 0 radical (unpaired) electrons. The minimum absolute atomic E-state index is 0.271. The van der Waals surface area contributed by atoms with Crippen LogP contribution in [-0.4, -0.2) is 24.6 Å². The van der Waals surface area contributed by atoms with Gasteiger partial charge in [0.15, 0.2) is 16.6 Å². The molecule has 1 aromatic heterocycles. The Morgan fingerprint density at radius 3 is 2.57 bits per heavy atom. The van der Waals surface area contributed by atoms with Crippen LogP contribution < -0.4 is 19.5 Å². The van der Waals surface area contributed by atoms with Gasteiger partial charge >= 0.3 is 0 Å². The normalized spacial score (nSPS) is 10.8. The summed E-state index contributed by atoms with van der Waals surface area (Å²) in [5.74, 6) is 1.73. The summed E-state index contributed by atoms with van der Waals surface area (Å²) in [5, 5.41) is 5.23. The van der Waals surface area contributed by atoms with Gasteiger partial charge in [-0.2, -0.15) is 0 Å². The minimum Gasteiger partial charge on any atom is -0.493 e. The predicted octanol–water partition coefficient (Wildman–Crippen LogP) is 6.45. The van der Waals surface area contributed by atoms with E-state index in [0.29, 0.717) is 29.8 Å². The van der Waals surface area contributed by atoms with Gasteiger partial charge in [-0.15, -0.1) is 11.3 Å². The molecule has 1 amide bonds. The van der Waals surface area contributed by atoms with Crippen LogP contribution in [0.1, 0.15) is 18.1 Å². The Hall–Kier alpha value is -4.10. The molecule has 0 aliphatic heterocycles. The van der Waals surface area contributed by atoms with Crippen LogP contribution in [0.2, 0.25) is 0 Å². The number of thiazole rings is 1. The highest BCUT2D eigenvalue weighted by Gasteiger charge is 2.11. The maximum atomic E-state index is 12.5. The number of benzene rings is 3. The Bertz CT molecular complexity index is 1300. The van der Waals surface area contributed by atoms with Gasteiger partial charge in [-0.3, -0.25) is 10.1 Å². The lowest BCUT2D eigenvalue weighted by molar-refractivity contribution is -0.111. The SMILES string of the molecule is CCOc1ccccc1-c1csc(NC(=O)C=Cc2ccc(OCc3ccccc3)c(OC)c2)n1. The molecule has 4 rings (SSSR count). The lowest BCUT2D eigenvalue weighted by atomic mass is 10.1. The number of hydrogen-bond donors (Lipinski definition) is 1. The van der Waals surface area contributed by atoms with Gasteiger partial charge in [0.25, 0.3) is 0 Å². The van der Waals surface area contributed by atoms with E-state index in [-0.39, 0.29) is 5.91 Å². The molecule has 178 valence electrons. The maximum absolute atomic E-state index is 12.5. The molecule has 0 unspecified atom stereocenters. The second kappa shape index (κ2) is 11.9. The summed E-state index contributed by atoms with van der Waals surface area (Å²) in [6, 6.07) is 23.2. The van der Waals surface area contributed by atoms with Crippen molar-refractivity contribution in [3.8, 4) is 28.5 Å². The first-order valence-corrected chi connectivity index (χ1v) is 12.1. The summed E-state index contributed by atoms with van der Waals surface area (Å²) in [4.78, 5) is 17.0. The largest absolute Gasteiger partial charge is 0.493 e. The summed E-state index contributed by atoms with van der Waals surface area (Å²) in [6.45, 7) is 2.96. The lowest BCUT2D eigenvalue weighted by Crippen LogP contribution is -2.07. The van der Waals surface area contributed by atoms with Crippen molar-refractivity contribution in [1.29, 1.82) is 0 Å². The highest BCUT2D eigenvalue weighted by molar-refractivity contribution is 7.14. The molecule has 0 fully saturated rings. The zero-order valence-electron chi connectivity index (χ0n) is 19.6. The van der Waals surface area contributed by atoms with Crippen molar-refractivity contribution in [3.63, 3.8) is 0 Å².